The molecular formula is C17H25NO4. The number of anilines is 1. The molecule has 1 rings (SSSR count). The molecule has 122 valence electrons. The molecule has 0 aliphatic carbocycles. The topological polar surface area (TPSA) is 64.6 Å². The molecule has 1 amide bonds. The Bertz CT molecular complexity index is 546. The number of amides is 1. The van der Waals surface area contributed by atoms with Gasteiger partial charge in [0, 0.05) is 6.42 Å². The highest BCUT2D eigenvalue weighted by atomic mass is 16.5. The van der Waals surface area contributed by atoms with Crippen molar-refractivity contribution in [1.29, 1.82) is 0 Å². The Hall–Kier alpha value is -2.04. The Kier molecular flexibility index (Phi) is 5.97. The van der Waals surface area contributed by atoms with Gasteiger partial charge >= 0.3 is 5.97 Å². The van der Waals surface area contributed by atoms with Gasteiger partial charge in [0.1, 0.15) is 5.75 Å². The highest BCUT2D eigenvalue weighted by molar-refractivity contribution is 6.01. The summed E-state index contributed by atoms with van der Waals surface area (Å²) >= 11 is 0. The van der Waals surface area contributed by atoms with Crippen molar-refractivity contribution >= 4 is 17.6 Å². The second kappa shape index (κ2) is 7.29. The molecule has 5 nitrogen and oxygen atoms in total. The van der Waals surface area contributed by atoms with Crippen LogP contribution in [-0.2, 0) is 9.53 Å². The number of hydrogen-bond acceptors (Lipinski definition) is 4. The van der Waals surface area contributed by atoms with Crippen molar-refractivity contribution in [2.24, 2.45) is 11.3 Å². The SMILES string of the molecule is COC(=O)c1cc(OC)ccc1NC(=O)CC(C)C(C)(C)C. The molecule has 22 heavy (non-hydrogen) atoms. The van der Waals surface area contributed by atoms with Gasteiger partial charge in [-0.25, -0.2) is 4.79 Å². The lowest BCUT2D eigenvalue weighted by Gasteiger charge is -2.26. The van der Waals surface area contributed by atoms with Gasteiger partial charge < -0.3 is 14.8 Å². The number of ether oxygens (including phenoxy) is 2. The minimum Gasteiger partial charge on any atom is -0.497 e. The lowest BCUT2D eigenvalue weighted by Crippen LogP contribution is -2.24. The number of carbonyl (C=O) groups is 2. The molecule has 0 aromatic heterocycles. The van der Waals surface area contributed by atoms with Crippen molar-refractivity contribution in [3.8, 4) is 5.75 Å². The van der Waals surface area contributed by atoms with Crippen LogP contribution in [0.5, 0.6) is 5.75 Å². The van der Waals surface area contributed by atoms with Crippen LogP contribution in [0.4, 0.5) is 5.69 Å². The Balaban J connectivity index is 2.93. The van der Waals surface area contributed by atoms with E-state index in [1.807, 2.05) is 6.92 Å². The third-order valence-corrected chi connectivity index (χ3v) is 3.88. The van der Waals surface area contributed by atoms with Gasteiger partial charge in [0.2, 0.25) is 5.91 Å². The first-order valence-electron chi connectivity index (χ1n) is 7.25. The molecule has 1 N–H and O–H groups in total. The van der Waals surface area contributed by atoms with Crippen LogP contribution in [0.2, 0.25) is 0 Å². The van der Waals surface area contributed by atoms with E-state index in [1.165, 1.54) is 14.2 Å². The highest BCUT2D eigenvalue weighted by Crippen LogP contribution is 2.29. The minimum absolute atomic E-state index is 0.0441. The molecule has 0 aliphatic rings. The maximum absolute atomic E-state index is 12.2. The number of methoxy groups -OCH3 is 2. The number of rotatable bonds is 5. The number of benzene rings is 1. The maximum atomic E-state index is 12.2. The van der Waals surface area contributed by atoms with Crippen LogP contribution >= 0.6 is 0 Å². The standard InChI is InChI=1S/C17H25NO4/c1-11(17(2,3)4)9-15(19)18-14-8-7-12(21-5)10-13(14)16(20)22-6/h7-8,10-11H,9H2,1-6H3,(H,18,19). The molecule has 0 aliphatic heterocycles. The summed E-state index contributed by atoms with van der Waals surface area (Å²) in [6.07, 6.45) is 0.385. The van der Waals surface area contributed by atoms with E-state index in [9.17, 15) is 9.59 Å². The normalized spacial score (nSPS) is 12.5. The van der Waals surface area contributed by atoms with Crippen molar-refractivity contribution in [3.63, 3.8) is 0 Å². The molecule has 1 atom stereocenters. The smallest absolute Gasteiger partial charge is 0.340 e. The molecule has 0 bridgehead atoms. The summed E-state index contributed by atoms with van der Waals surface area (Å²) in [6.45, 7) is 8.32. The zero-order chi connectivity index (χ0) is 16.9. The van der Waals surface area contributed by atoms with E-state index in [0.717, 1.165) is 0 Å². The van der Waals surface area contributed by atoms with Crippen molar-refractivity contribution in [2.45, 2.75) is 34.1 Å². The third kappa shape index (κ3) is 4.76. The van der Waals surface area contributed by atoms with Crippen LogP contribution < -0.4 is 10.1 Å². The highest BCUT2D eigenvalue weighted by Gasteiger charge is 2.23. The lowest BCUT2D eigenvalue weighted by molar-refractivity contribution is -0.117. The summed E-state index contributed by atoms with van der Waals surface area (Å²) in [7, 11) is 2.81. The Labute approximate surface area is 132 Å². The minimum atomic E-state index is -0.516. The van der Waals surface area contributed by atoms with E-state index < -0.39 is 5.97 Å². The van der Waals surface area contributed by atoms with Gasteiger partial charge in [-0.1, -0.05) is 27.7 Å². The molecule has 1 aromatic carbocycles. The van der Waals surface area contributed by atoms with Crippen molar-refractivity contribution in [1.82, 2.24) is 0 Å². The second-order valence-electron chi connectivity index (χ2n) is 6.42. The van der Waals surface area contributed by atoms with Crippen LogP contribution in [0, 0.1) is 11.3 Å². The summed E-state index contributed by atoms with van der Waals surface area (Å²) in [6, 6.07) is 4.88. The van der Waals surface area contributed by atoms with Crippen LogP contribution in [0.1, 0.15) is 44.5 Å². The van der Waals surface area contributed by atoms with E-state index in [-0.39, 0.29) is 22.8 Å². The van der Waals surface area contributed by atoms with Gasteiger partial charge in [-0.15, -0.1) is 0 Å². The molecule has 1 unspecified atom stereocenters. The first-order valence-corrected chi connectivity index (χ1v) is 7.25. The molecule has 0 spiro atoms. The van der Waals surface area contributed by atoms with Gasteiger partial charge in [0.15, 0.2) is 0 Å². The van der Waals surface area contributed by atoms with E-state index >= 15 is 0 Å². The molecule has 0 heterocycles. The van der Waals surface area contributed by atoms with Crippen molar-refractivity contribution in [2.75, 3.05) is 19.5 Å². The van der Waals surface area contributed by atoms with Crippen LogP contribution in [-0.4, -0.2) is 26.1 Å². The second-order valence-corrected chi connectivity index (χ2v) is 6.42. The van der Waals surface area contributed by atoms with Gasteiger partial charge in [-0.3, -0.25) is 4.79 Å². The van der Waals surface area contributed by atoms with Crippen LogP contribution in [0.25, 0.3) is 0 Å². The summed E-state index contributed by atoms with van der Waals surface area (Å²) in [5.41, 5.74) is 0.750. The number of hydrogen-bond donors (Lipinski definition) is 1. The molecule has 0 radical (unpaired) electrons. The Morgan fingerprint density at radius 2 is 1.86 bits per heavy atom. The van der Waals surface area contributed by atoms with E-state index in [1.54, 1.807) is 18.2 Å². The fourth-order valence-electron chi connectivity index (χ4n) is 1.82. The molecule has 5 heteroatoms. The fraction of sp³-hybridized carbons (Fsp3) is 0.529. The van der Waals surface area contributed by atoms with Gasteiger partial charge in [-0.2, -0.15) is 0 Å². The zero-order valence-corrected chi connectivity index (χ0v) is 14.1. The van der Waals surface area contributed by atoms with Crippen LogP contribution in [0.3, 0.4) is 0 Å². The molecule has 0 saturated heterocycles. The summed E-state index contributed by atoms with van der Waals surface area (Å²) in [4.78, 5) is 24.0. The largest absolute Gasteiger partial charge is 0.497 e. The Morgan fingerprint density at radius 3 is 2.36 bits per heavy atom. The molecule has 0 fully saturated rings. The lowest BCUT2D eigenvalue weighted by atomic mass is 9.80. The average Bonchev–Trinajstić information content (AvgIpc) is 2.45. The summed E-state index contributed by atoms with van der Waals surface area (Å²) < 4.78 is 9.85. The number of esters is 1. The quantitative estimate of drug-likeness (QED) is 0.846. The first-order chi connectivity index (χ1) is 10.2. The zero-order valence-electron chi connectivity index (χ0n) is 14.1. The average molecular weight is 307 g/mol. The van der Waals surface area contributed by atoms with Gasteiger partial charge in [-0.05, 0) is 29.5 Å². The van der Waals surface area contributed by atoms with Gasteiger partial charge in [0.25, 0.3) is 0 Å². The first kappa shape index (κ1) is 18.0. The summed E-state index contributed by atoms with van der Waals surface area (Å²) in [5.74, 6) is 0.101. The van der Waals surface area contributed by atoms with Crippen molar-refractivity contribution < 1.29 is 19.1 Å². The van der Waals surface area contributed by atoms with E-state index in [0.29, 0.717) is 17.9 Å². The monoisotopic (exact) mass is 307 g/mol. The van der Waals surface area contributed by atoms with E-state index in [4.69, 9.17) is 9.47 Å². The number of nitrogens with one attached hydrogen (secondary N) is 1. The molecular weight excluding hydrogens is 282 g/mol. The predicted molar refractivity (Wildman–Crippen MR) is 86.2 cm³/mol. The maximum Gasteiger partial charge on any atom is 0.340 e. The number of carbonyl (C=O) groups excluding carboxylic acids is 2. The molecule has 1 aromatic rings. The van der Waals surface area contributed by atoms with E-state index in [2.05, 4.69) is 26.1 Å². The summed E-state index contributed by atoms with van der Waals surface area (Å²) in [5, 5.41) is 2.78. The van der Waals surface area contributed by atoms with Crippen molar-refractivity contribution in [3.05, 3.63) is 23.8 Å². The third-order valence-electron chi connectivity index (χ3n) is 3.88. The van der Waals surface area contributed by atoms with Crippen LogP contribution in [0.15, 0.2) is 18.2 Å². The van der Waals surface area contributed by atoms with Gasteiger partial charge in [0.05, 0.1) is 25.5 Å². The Morgan fingerprint density at radius 1 is 1.23 bits per heavy atom. The predicted octanol–water partition coefficient (Wildman–Crippen LogP) is 3.49. The molecule has 0 saturated carbocycles. The fourth-order valence-corrected chi connectivity index (χ4v) is 1.82.